The van der Waals surface area contributed by atoms with Gasteiger partial charge in [0.1, 0.15) is 11.6 Å². The van der Waals surface area contributed by atoms with Crippen LogP contribution in [0.4, 0.5) is 13.6 Å². The zero-order chi connectivity index (χ0) is 23.8. The van der Waals surface area contributed by atoms with E-state index in [-0.39, 0.29) is 60.5 Å². The van der Waals surface area contributed by atoms with E-state index in [4.69, 9.17) is 0 Å². The van der Waals surface area contributed by atoms with E-state index in [0.29, 0.717) is 0 Å². The smallest absolute Gasteiger partial charge is 0.320 e. The summed E-state index contributed by atoms with van der Waals surface area (Å²) in [5, 5.41) is 0. The molecule has 0 spiro atoms. The van der Waals surface area contributed by atoms with Crippen molar-refractivity contribution in [1.82, 2.24) is 19.6 Å². The summed E-state index contributed by atoms with van der Waals surface area (Å²) in [6.07, 6.45) is 0.887. The molecule has 0 saturated carbocycles. The number of hydrogen-bond acceptors (Lipinski definition) is 3. The van der Waals surface area contributed by atoms with Crippen LogP contribution in [0.1, 0.15) is 48.9 Å². The van der Waals surface area contributed by atoms with Crippen molar-refractivity contribution in [2.75, 3.05) is 52.4 Å². The average Bonchev–Trinajstić information content (AvgIpc) is 3.39. The van der Waals surface area contributed by atoms with Crippen molar-refractivity contribution >= 4 is 30.8 Å². The number of carbonyl (C=O) groups excluding carboxylic acids is 1. The number of fused-ring (bicyclic) bond motifs is 1. The summed E-state index contributed by atoms with van der Waals surface area (Å²) in [5.74, 6) is -0.279. The minimum Gasteiger partial charge on any atom is -0.322 e. The summed E-state index contributed by atoms with van der Waals surface area (Å²) in [6.45, 7) is 11.1. The minimum absolute atomic E-state index is 0. The van der Waals surface area contributed by atoms with Gasteiger partial charge in [-0.15, -0.1) is 24.8 Å². The molecule has 0 bridgehead atoms. The molecule has 2 aromatic rings. The third-order valence-electron chi connectivity index (χ3n) is 7.80. The maximum atomic E-state index is 14.2. The Bertz CT molecular complexity index is 1030. The van der Waals surface area contributed by atoms with Gasteiger partial charge < -0.3 is 9.80 Å². The number of carbonyl (C=O) groups is 1. The number of benzene rings is 2. The Kier molecular flexibility index (Phi) is 9.61. The molecule has 5 nitrogen and oxygen atoms in total. The van der Waals surface area contributed by atoms with Crippen LogP contribution in [-0.4, -0.2) is 84.0 Å². The van der Waals surface area contributed by atoms with Crippen LogP contribution in [0.25, 0.3) is 0 Å². The summed E-state index contributed by atoms with van der Waals surface area (Å²) in [7, 11) is 0. The zero-order valence-electron chi connectivity index (χ0n) is 20.9. The summed E-state index contributed by atoms with van der Waals surface area (Å²) >= 11 is 0. The molecule has 36 heavy (non-hydrogen) atoms. The normalized spacial score (nSPS) is 22.5. The Morgan fingerprint density at radius 2 is 1.50 bits per heavy atom. The number of halogens is 4. The van der Waals surface area contributed by atoms with Crippen molar-refractivity contribution in [3.63, 3.8) is 0 Å². The van der Waals surface area contributed by atoms with Gasteiger partial charge in [0.15, 0.2) is 0 Å². The molecule has 2 aliphatic heterocycles. The SMILES string of the molecule is CC(C)N1CCN(CCN2CCN(C3CC(c4ccc(F)cc4)c4ccc(F)cc43)CC2)C1=O.Cl.Cl. The highest BCUT2D eigenvalue weighted by atomic mass is 35.5. The lowest BCUT2D eigenvalue weighted by molar-refractivity contribution is 0.0899. The maximum absolute atomic E-state index is 14.2. The highest BCUT2D eigenvalue weighted by molar-refractivity contribution is 5.85. The lowest BCUT2D eigenvalue weighted by atomic mass is 9.93. The van der Waals surface area contributed by atoms with Crippen LogP contribution in [0.2, 0.25) is 0 Å². The van der Waals surface area contributed by atoms with E-state index in [9.17, 15) is 13.6 Å². The predicted octanol–water partition coefficient (Wildman–Crippen LogP) is 5.15. The van der Waals surface area contributed by atoms with E-state index >= 15 is 0 Å². The average molecular weight is 542 g/mol. The predicted molar refractivity (Wildman–Crippen MR) is 143 cm³/mol. The second-order valence-corrected chi connectivity index (χ2v) is 10.1. The monoisotopic (exact) mass is 540 g/mol. The molecular weight excluding hydrogens is 505 g/mol. The number of amides is 2. The quantitative estimate of drug-likeness (QED) is 0.507. The van der Waals surface area contributed by atoms with Crippen molar-refractivity contribution in [2.45, 2.75) is 38.3 Å². The summed E-state index contributed by atoms with van der Waals surface area (Å²) in [4.78, 5) is 21.3. The molecule has 2 heterocycles. The molecule has 2 unspecified atom stereocenters. The topological polar surface area (TPSA) is 30.0 Å². The first kappa shape index (κ1) is 28.6. The van der Waals surface area contributed by atoms with Crippen molar-refractivity contribution < 1.29 is 13.6 Å². The Morgan fingerprint density at radius 1 is 0.833 bits per heavy atom. The van der Waals surface area contributed by atoms with Gasteiger partial charge >= 0.3 is 6.03 Å². The third kappa shape index (κ3) is 5.80. The number of urea groups is 1. The third-order valence-corrected chi connectivity index (χ3v) is 7.80. The Labute approximate surface area is 225 Å². The van der Waals surface area contributed by atoms with Crippen LogP contribution in [0, 0.1) is 11.6 Å². The molecule has 2 aromatic carbocycles. The van der Waals surface area contributed by atoms with Crippen LogP contribution in [0.3, 0.4) is 0 Å². The minimum atomic E-state index is -0.235. The van der Waals surface area contributed by atoms with Crippen LogP contribution >= 0.6 is 24.8 Å². The van der Waals surface area contributed by atoms with Gasteiger partial charge in [-0.25, -0.2) is 13.6 Å². The molecule has 5 rings (SSSR count). The largest absolute Gasteiger partial charge is 0.322 e. The molecule has 0 radical (unpaired) electrons. The molecule has 2 atom stereocenters. The lowest BCUT2D eigenvalue weighted by Gasteiger charge is -2.39. The van der Waals surface area contributed by atoms with Gasteiger partial charge in [0, 0.05) is 70.4 Å². The van der Waals surface area contributed by atoms with Gasteiger partial charge in [-0.05, 0) is 61.2 Å². The highest BCUT2D eigenvalue weighted by Crippen LogP contribution is 2.47. The van der Waals surface area contributed by atoms with Crippen LogP contribution in [-0.2, 0) is 0 Å². The number of nitrogens with zero attached hydrogens (tertiary/aromatic N) is 4. The maximum Gasteiger partial charge on any atom is 0.320 e. The van der Waals surface area contributed by atoms with Gasteiger partial charge in [0.2, 0.25) is 0 Å². The van der Waals surface area contributed by atoms with Gasteiger partial charge in [-0.1, -0.05) is 18.2 Å². The van der Waals surface area contributed by atoms with E-state index in [1.165, 1.54) is 18.2 Å². The Balaban J connectivity index is 0.00000180. The van der Waals surface area contributed by atoms with Gasteiger partial charge in [0.25, 0.3) is 0 Å². The number of piperazine rings is 1. The lowest BCUT2D eigenvalue weighted by Crippen LogP contribution is -2.49. The Morgan fingerprint density at radius 3 is 2.14 bits per heavy atom. The van der Waals surface area contributed by atoms with E-state index in [2.05, 4.69) is 23.6 Å². The second kappa shape index (κ2) is 12.1. The molecular formula is C27H36Cl2F2N4O. The van der Waals surface area contributed by atoms with Crippen LogP contribution < -0.4 is 0 Å². The standard InChI is InChI=1S/C27H34F2N4O.2ClH/c1-19(2)33-16-15-32(27(33)34)14-11-30-9-12-31(13-10-30)26-18-24(20-3-5-21(28)6-4-20)23-8-7-22(29)17-25(23)26;;/h3-8,17,19,24,26H,9-16,18H2,1-2H3;2*1H. The fourth-order valence-electron chi connectivity index (χ4n) is 5.83. The van der Waals surface area contributed by atoms with Crippen LogP contribution in [0.15, 0.2) is 42.5 Å². The fourth-order valence-corrected chi connectivity index (χ4v) is 5.83. The number of hydrogen-bond donors (Lipinski definition) is 0. The molecule has 198 valence electrons. The van der Waals surface area contributed by atoms with E-state index in [1.807, 2.05) is 28.0 Å². The molecule has 1 aliphatic carbocycles. The molecule has 2 amide bonds. The van der Waals surface area contributed by atoms with E-state index < -0.39 is 0 Å². The first-order valence-corrected chi connectivity index (χ1v) is 12.5. The number of rotatable bonds is 6. The van der Waals surface area contributed by atoms with Gasteiger partial charge in [-0.2, -0.15) is 0 Å². The molecule has 9 heteroatoms. The molecule has 2 fully saturated rings. The second-order valence-electron chi connectivity index (χ2n) is 10.1. The summed E-state index contributed by atoms with van der Waals surface area (Å²) < 4.78 is 27.7. The van der Waals surface area contributed by atoms with Gasteiger partial charge in [0.05, 0.1) is 0 Å². The van der Waals surface area contributed by atoms with Gasteiger partial charge in [-0.3, -0.25) is 9.80 Å². The Hall–Kier alpha value is -1.93. The van der Waals surface area contributed by atoms with Crippen molar-refractivity contribution in [3.05, 3.63) is 70.8 Å². The van der Waals surface area contributed by atoms with Crippen LogP contribution in [0.5, 0.6) is 0 Å². The van der Waals surface area contributed by atoms with E-state index in [0.717, 1.165) is 75.5 Å². The van der Waals surface area contributed by atoms with E-state index in [1.54, 1.807) is 6.07 Å². The fraction of sp³-hybridized carbons (Fsp3) is 0.519. The highest BCUT2D eigenvalue weighted by Gasteiger charge is 2.37. The molecule has 3 aliphatic rings. The molecule has 0 aromatic heterocycles. The first-order chi connectivity index (χ1) is 16.4. The van der Waals surface area contributed by atoms with Crippen molar-refractivity contribution in [2.24, 2.45) is 0 Å². The molecule has 2 saturated heterocycles. The summed E-state index contributed by atoms with van der Waals surface area (Å²) in [5.41, 5.74) is 3.31. The summed E-state index contributed by atoms with van der Waals surface area (Å²) in [6, 6.07) is 12.4. The zero-order valence-corrected chi connectivity index (χ0v) is 22.5. The first-order valence-electron chi connectivity index (χ1n) is 12.5. The molecule has 0 N–H and O–H groups in total. The van der Waals surface area contributed by atoms with Crippen molar-refractivity contribution in [1.29, 1.82) is 0 Å². The van der Waals surface area contributed by atoms with Crippen molar-refractivity contribution in [3.8, 4) is 0 Å².